The van der Waals surface area contributed by atoms with Gasteiger partial charge in [-0.15, -0.1) is 0 Å². The van der Waals surface area contributed by atoms with Gasteiger partial charge in [-0.2, -0.15) is 0 Å². The van der Waals surface area contributed by atoms with Crippen molar-refractivity contribution in [3.05, 3.63) is 47.0 Å². The van der Waals surface area contributed by atoms with Crippen LogP contribution in [-0.4, -0.2) is 32.5 Å². The second-order valence-corrected chi connectivity index (χ2v) is 6.07. The molecule has 2 heterocycles. The summed E-state index contributed by atoms with van der Waals surface area (Å²) in [4.78, 5) is 0. The molecule has 0 aliphatic carbocycles. The van der Waals surface area contributed by atoms with Crippen molar-refractivity contribution >= 4 is 0 Å². The van der Waals surface area contributed by atoms with Crippen molar-refractivity contribution in [3.8, 4) is 23.0 Å². The van der Waals surface area contributed by atoms with Gasteiger partial charge in [-0.25, -0.2) is 0 Å². The molecule has 4 rings (SSSR count). The van der Waals surface area contributed by atoms with Crippen molar-refractivity contribution in [2.75, 3.05) is 21.3 Å². The molecule has 6 nitrogen and oxygen atoms in total. The summed E-state index contributed by atoms with van der Waals surface area (Å²) in [5.74, 6) is 2.53. The molecule has 2 aromatic rings. The largest absolute Gasteiger partial charge is 0.497 e. The third-order valence-corrected chi connectivity index (χ3v) is 4.79. The molecule has 0 fully saturated rings. The van der Waals surface area contributed by atoms with E-state index in [9.17, 15) is 5.11 Å². The lowest BCUT2D eigenvalue weighted by Crippen LogP contribution is -2.39. The van der Waals surface area contributed by atoms with Crippen molar-refractivity contribution < 1.29 is 28.8 Å². The van der Waals surface area contributed by atoms with Crippen molar-refractivity contribution in [3.63, 3.8) is 0 Å². The van der Waals surface area contributed by atoms with E-state index in [-0.39, 0.29) is 0 Å². The average Bonchev–Trinajstić information content (AvgIpc) is 2.66. The molecule has 6 heteroatoms. The normalized spacial score (nSPS) is 23.6. The Hall–Kier alpha value is -2.44. The number of rotatable bonds is 3. The lowest BCUT2D eigenvalue weighted by atomic mass is 9.87. The Morgan fingerprint density at radius 3 is 2.44 bits per heavy atom. The summed E-state index contributed by atoms with van der Waals surface area (Å²) in [6.45, 7) is 0.378. The zero-order valence-corrected chi connectivity index (χ0v) is 14.3. The number of hydrogen-bond acceptors (Lipinski definition) is 6. The van der Waals surface area contributed by atoms with Crippen LogP contribution in [0.25, 0.3) is 0 Å². The molecule has 0 aromatic heterocycles. The maximum atomic E-state index is 10.8. The number of fused-ring (bicyclic) bond motifs is 4. The first-order chi connectivity index (χ1) is 12.2. The van der Waals surface area contributed by atoms with Crippen LogP contribution >= 0.6 is 0 Å². The predicted octanol–water partition coefficient (Wildman–Crippen LogP) is 2.78. The number of methoxy groups -OCH3 is 3. The minimum atomic E-state index is -0.777. The van der Waals surface area contributed by atoms with Gasteiger partial charge in [0, 0.05) is 17.2 Å². The van der Waals surface area contributed by atoms with Gasteiger partial charge in [0.15, 0.2) is 17.6 Å². The summed E-state index contributed by atoms with van der Waals surface area (Å²) in [6.07, 6.45) is -1.69. The molecule has 3 unspecified atom stereocenters. The topological polar surface area (TPSA) is 66.4 Å². The van der Waals surface area contributed by atoms with Gasteiger partial charge in [-0.3, -0.25) is 0 Å². The summed E-state index contributed by atoms with van der Waals surface area (Å²) in [5.41, 5.74) is 2.59. The Balaban J connectivity index is 1.79. The molecule has 0 radical (unpaired) electrons. The van der Waals surface area contributed by atoms with Gasteiger partial charge in [-0.05, 0) is 29.8 Å². The third kappa shape index (κ3) is 2.49. The lowest BCUT2D eigenvalue weighted by molar-refractivity contribution is -0.127. The minimum absolute atomic E-state index is 0.378. The highest BCUT2D eigenvalue weighted by atomic mass is 16.6. The minimum Gasteiger partial charge on any atom is -0.497 e. The van der Waals surface area contributed by atoms with Gasteiger partial charge in [0.05, 0.1) is 27.9 Å². The third-order valence-electron chi connectivity index (χ3n) is 4.79. The second-order valence-electron chi connectivity index (χ2n) is 6.07. The van der Waals surface area contributed by atoms with Crippen molar-refractivity contribution in [1.82, 2.24) is 0 Å². The van der Waals surface area contributed by atoms with Gasteiger partial charge in [-0.1, -0.05) is 0 Å². The van der Waals surface area contributed by atoms with E-state index >= 15 is 0 Å². The average molecular weight is 344 g/mol. The highest BCUT2D eigenvalue weighted by Crippen LogP contribution is 2.48. The predicted molar refractivity (Wildman–Crippen MR) is 89.4 cm³/mol. The Morgan fingerprint density at radius 2 is 1.72 bits per heavy atom. The van der Waals surface area contributed by atoms with Gasteiger partial charge >= 0.3 is 0 Å². The van der Waals surface area contributed by atoms with Crippen LogP contribution in [0.1, 0.15) is 28.9 Å². The summed E-state index contributed by atoms with van der Waals surface area (Å²) in [6, 6.07) is 9.18. The zero-order valence-electron chi connectivity index (χ0n) is 14.3. The number of hydrogen-bond donors (Lipinski definition) is 1. The summed E-state index contributed by atoms with van der Waals surface area (Å²) >= 11 is 0. The summed E-state index contributed by atoms with van der Waals surface area (Å²) in [7, 11) is 4.79. The lowest BCUT2D eigenvalue weighted by Gasteiger charge is -2.41. The molecular formula is C19H20O6. The van der Waals surface area contributed by atoms with E-state index in [0.29, 0.717) is 35.2 Å². The van der Waals surface area contributed by atoms with Crippen molar-refractivity contribution in [2.45, 2.75) is 24.9 Å². The highest BCUT2D eigenvalue weighted by Gasteiger charge is 2.43. The van der Waals surface area contributed by atoms with Gasteiger partial charge in [0.1, 0.15) is 23.7 Å². The molecule has 0 bridgehead atoms. The molecule has 2 aromatic carbocycles. The van der Waals surface area contributed by atoms with E-state index in [1.807, 2.05) is 18.2 Å². The Kier molecular flexibility index (Phi) is 3.94. The van der Waals surface area contributed by atoms with E-state index in [4.69, 9.17) is 23.7 Å². The molecule has 132 valence electrons. The maximum Gasteiger partial charge on any atom is 0.161 e. The fraction of sp³-hybridized carbons (Fsp3) is 0.368. The Bertz CT molecular complexity index is 803. The van der Waals surface area contributed by atoms with Crippen LogP contribution in [0.4, 0.5) is 0 Å². The van der Waals surface area contributed by atoms with E-state index < -0.39 is 18.3 Å². The van der Waals surface area contributed by atoms with Crippen LogP contribution in [0.3, 0.4) is 0 Å². The Labute approximate surface area is 145 Å². The van der Waals surface area contributed by atoms with Crippen LogP contribution < -0.4 is 18.9 Å². The molecule has 0 saturated heterocycles. The maximum absolute atomic E-state index is 10.8. The molecular weight excluding hydrogens is 324 g/mol. The first kappa shape index (κ1) is 16.1. The highest BCUT2D eigenvalue weighted by molar-refractivity contribution is 5.51. The molecule has 25 heavy (non-hydrogen) atoms. The number of aliphatic hydroxyl groups is 1. The summed E-state index contributed by atoms with van der Waals surface area (Å²) < 4.78 is 28.1. The van der Waals surface area contributed by atoms with Crippen molar-refractivity contribution in [1.29, 1.82) is 0 Å². The standard InChI is InChI=1S/C19H20O6/c1-21-11-4-5-12-14(7-11)25-18-13-8-16(23-3)15(22-2)6-10(13)9-24-19(18)17(12)20/h4-8,17-20H,9H2,1-3H3. The molecule has 0 spiro atoms. The van der Waals surface area contributed by atoms with Crippen LogP contribution in [-0.2, 0) is 11.3 Å². The first-order valence-corrected chi connectivity index (χ1v) is 8.05. The van der Waals surface area contributed by atoms with E-state index in [1.54, 1.807) is 33.5 Å². The molecule has 0 saturated carbocycles. The quantitative estimate of drug-likeness (QED) is 0.924. The molecule has 2 aliphatic rings. The van der Waals surface area contributed by atoms with Crippen LogP contribution in [0.5, 0.6) is 23.0 Å². The smallest absolute Gasteiger partial charge is 0.161 e. The van der Waals surface area contributed by atoms with Gasteiger partial charge in [0.2, 0.25) is 0 Å². The number of ether oxygens (including phenoxy) is 5. The van der Waals surface area contributed by atoms with Gasteiger partial charge in [0.25, 0.3) is 0 Å². The van der Waals surface area contributed by atoms with Crippen molar-refractivity contribution in [2.24, 2.45) is 0 Å². The van der Waals surface area contributed by atoms with E-state index in [0.717, 1.165) is 11.1 Å². The molecule has 3 atom stereocenters. The summed E-state index contributed by atoms with van der Waals surface area (Å²) in [5, 5.41) is 10.8. The van der Waals surface area contributed by atoms with Crippen LogP contribution in [0.2, 0.25) is 0 Å². The fourth-order valence-electron chi connectivity index (χ4n) is 3.47. The SMILES string of the molecule is COc1ccc2c(c1)OC1c3cc(OC)c(OC)cc3COC1C2O. The van der Waals surface area contributed by atoms with Gasteiger partial charge < -0.3 is 28.8 Å². The monoisotopic (exact) mass is 344 g/mol. The second kappa shape index (κ2) is 6.13. The Morgan fingerprint density at radius 1 is 0.960 bits per heavy atom. The molecule has 2 aliphatic heterocycles. The number of benzene rings is 2. The molecule has 0 amide bonds. The van der Waals surface area contributed by atoms with E-state index in [2.05, 4.69) is 0 Å². The zero-order chi connectivity index (χ0) is 17.6. The van der Waals surface area contributed by atoms with E-state index in [1.165, 1.54) is 0 Å². The first-order valence-electron chi connectivity index (χ1n) is 8.05. The number of aliphatic hydroxyl groups excluding tert-OH is 1. The van der Waals surface area contributed by atoms with Crippen LogP contribution in [0.15, 0.2) is 30.3 Å². The fourth-order valence-corrected chi connectivity index (χ4v) is 3.47. The molecule has 1 N–H and O–H groups in total. The van der Waals surface area contributed by atoms with Crippen LogP contribution in [0, 0.1) is 0 Å².